The number of carbonyl (C=O) groups excluding carboxylic acids is 1. The van der Waals surface area contributed by atoms with Gasteiger partial charge in [0.05, 0.1) is 11.7 Å². The number of amides is 1. The van der Waals surface area contributed by atoms with E-state index in [0.717, 1.165) is 12.8 Å². The highest BCUT2D eigenvalue weighted by atomic mass is 16.5. The molecule has 0 saturated carbocycles. The van der Waals surface area contributed by atoms with Gasteiger partial charge in [-0.15, -0.1) is 0 Å². The van der Waals surface area contributed by atoms with Crippen LogP contribution in [0.1, 0.15) is 60.3 Å². The summed E-state index contributed by atoms with van der Waals surface area (Å²) < 4.78 is 5.55. The molecule has 0 fully saturated rings. The molecule has 0 aromatic heterocycles. The van der Waals surface area contributed by atoms with Crippen LogP contribution in [0.5, 0.6) is 0 Å². The van der Waals surface area contributed by atoms with E-state index in [1.807, 2.05) is 34.6 Å². The Morgan fingerprint density at radius 2 is 1.74 bits per heavy atom. The number of hydrogen-bond donors (Lipinski definition) is 1. The van der Waals surface area contributed by atoms with E-state index in [2.05, 4.69) is 11.4 Å². The molecule has 0 aliphatic carbocycles. The summed E-state index contributed by atoms with van der Waals surface area (Å²) in [7, 11) is 0. The number of hydrogen-bond acceptors (Lipinski definition) is 3. The lowest BCUT2D eigenvalue weighted by Gasteiger charge is -2.29. The van der Waals surface area contributed by atoms with Crippen molar-refractivity contribution < 1.29 is 9.53 Å². The van der Waals surface area contributed by atoms with Crippen molar-refractivity contribution >= 4 is 5.91 Å². The molecule has 0 spiro atoms. The molecule has 0 radical (unpaired) electrons. The number of nitrogens with zero attached hydrogens (tertiary/aromatic N) is 1. The van der Waals surface area contributed by atoms with Gasteiger partial charge in [-0.1, -0.05) is 26.7 Å². The van der Waals surface area contributed by atoms with Crippen molar-refractivity contribution in [2.75, 3.05) is 13.2 Å². The third-order valence-corrected chi connectivity index (χ3v) is 3.21. The third-order valence-electron chi connectivity index (χ3n) is 3.21. The minimum atomic E-state index is -0.883. The standard InChI is InChI=1S/C15H28N2O2/c1-6-9-15(11-16,10-7-2)13(18)17-12-14(4,5)19-8-3/h6-10,12H2,1-5H3,(H,17,18). The van der Waals surface area contributed by atoms with Crippen molar-refractivity contribution in [3.05, 3.63) is 0 Å². The van der Waals surface area contributed by atoms with Crippen LogP contribution in [0.4, 0.5) is 0 Å². The highest BCUT2D eigenvalue weighted by Crippen LogP contribution is 2.29. The Hall–Kier alpha value is -1.08. The Kier molecular flexibility index (Phi) is 7.70. The molecule has 1 amide bonds. The fraction of sp³-hybridized carbons (Fsp3) is 0.867. The maximum absolute atomic E-state index is 12.3. The van der Waals surface area contributed by atoms with Crippen LogP contribution >= 0.6 is 0 Å². The average molecular weight is 268 g/mol. The minimum absolute atomic E-state index is 0.161. The molecule has 0 aliphatic heterocycles. The summed E-state index contributed by atoms with van der Waals surface area (Å²) in [5.41, 5.74) is -1.28. The lowest BCUT2D eigenvalue weighted by atomic mass is 9.79. The maximum Gasteiger partial charge on any atom is 0.240 e. The molecule has 110 valence electrons. The van der Waals surface area contributed by atoms with E-state index in [4.69, 9.17) is 4.74 Å². The smallest absolute Gasteiger partial charge is 0.240 e. The summed E-state index contributed by atoms with van der Waals surface area (Å²) in [6, 6.07) is 2.23. The van der Waals surface area contributed by atoms with Gasteiger partial charge in [0.1, 0.15) is 5.41 Å². The van der Waals surface area contributed by atoms with Crippen LogP contribution in [-0.2, 0) is 9.53 Å². The highest BCUT2D eigenvalue weighted by molar-refractivity contribution is 5.85. The number of carbonyl (C=O) groups is 1. The third kappa shape index (κ3) is 5.61. The van der Waals surface area contributed by atoms with E-state index in [0.29, 0.717) is 26.0 Å². The summed E-state index contributed by atoms with van der Waals surface area (Å²) in [4.78, 5) is 12.3. The molecule has 4 nitrogen and oxygen atoms in total. The molecule has 4 heteroatoms. The van der Waals surface area contributed by atoms with Gasteiger partial charge < -0.3 is 10.1 Å². The predicted molar refractivity (Wildman–Crippen MR) is 76.6 cm³/mol. The van der Waals surface area contributed by atoms with E-state index in [9.17, 15) is 10.1 Å². The van der Waals surface area contributed by atoms with Crippen LogP contribution in [-0.4, -0.2) is 24.7 Å². The Labute approximate surface area is 117 Å². The molecule has 0 aromatic rings. The van der Waals surface area contributed by atoms with Gasteiger partial charge in [0.25, 0.3) is 0 Å². The first-order valence-electron chi connectivity index (χ1n) is 7.21. The second kappa shape index (κ2) is 8.16. The zero-order valence-electron chi connectivity index (χ0n) is 13.0. The van der Waals surface area contributed by atoms with Crippen molar-refractivity contribution in [3.8, 4) is 6.07 Å². The SMILES string of the molecule is CCCC(C#N)(CCC)C(=O)NCC(C)(C)OCC. The second-order valence-corrected chi connectivity index (χ2v) is 5.57. The van der Waals surface area contributed by atoms with Crippen molar-refractivity contribution in [3.63, 3.8) is 0 Å². The van der Waals surface area contributed by atoms with E-state index >= 15 is 0 Å². The summed E-state index contributed by atoms with van der Waals surface area (Å²) in [5, 5.41) is 12.3. The van der Waals surface area contributed by atoms with Crippen molar-refractivity contribution in [2.24, 2.45) is 5.41 Å². The molecule has 0 atom stereocenters. The van der Waals surface area contributed by atoms with Gasteiger partial charge in [0.15, 0.2) is 0 Å². The molecule has 0 aromatic carbocycles. The molecule has 0 rings (SSSR count). The quantitative estimate of drug-likeness (QED) is 0.699. The summed E-state index contributed by atoms with van der Waals surface area (Å²) >= 11 is 0. The van der Waals surface area contributed by atoms with Crippen LogP contribution in [0.3, 0.4) is 0 Å². The largest absolute Gasteiger partial charge is 0.374 e. The van der Waals surface area contributed by atoms with Crippen LogP contribution in [0.15, 0.2) is 0 Å². The number of nitrogens with one attached hydrogen (secondary N) is 1. The molecule has 0 unspecified atom stereocenters. The lowest BCUT2D eigenvalue weighted by molar-refractivity contribution is -0.130. The number of nitriles is 1. The number of ether oxygens (including phenoxy) is 1. The molecule has 0 bridgehead atoms. The van der Waals surface area contributed by atoms with Gasteiger partial charge in [0, 0.05) is 13.2 Å². The van der Waals surface area contributed by atoms with Gasteiger partial charge in [-0.05, 0) is 33.6 Å². The highest BCUT2D eigenvalue weighted by Gasteiger charge is 2.37. The summed E-state index contributed by atoms with van der Waals surface area (Å²) in [6.07, 6.45) is 2.88. The van der Waals surface area contributed by atoms with Crippen molar-refractivity contribution in [2.45, 2.75) is 65.9 Å². The van der Waals surface area contributed by atoms with Gasteiger partial charge in [-0.2, -0.15) is 5.26 Å². The molecule has 0 saturated heterocycles. The fourth-order valence-electron chi connectivity index (χ4n) is 2.27. The van der Waals surface area contributed by atoms with E-state index in [-0.39, 0.29) is 5.91 Å². The second-order valence-electron chi connectivity index (χ2n) is 5.57. The van der Waals surface area contributed by atoms with Gasteiger partial charge in [-0.25, -0.2) is 0 Å². The minimum Gasteiger partial charge on any atom is -0.374 e. The first-order valence-corrected chi connectivity index (χ1v) is 7.21. The lowest BCUT2D eigenvalue weighted by Crippen LogP contribution is -2.46. The predicted octanol–water partition coefficient (Wildman–Crippen LogP) is 3.03. The van der Waals surface area contributed by atoms with Crippen LogP contribution in [0, 0.1) is 16.7 Å². The number of rotatable bonds is 9. The monoisotopic (exact) mass is 268 g/mol. The molecule has 19 heavy (non-hydrogen) atoms. The van der Waals surface area contributed by atoms with Crippen molar-refractivity contribution in [1.29, 1.82) is 5.26 Å². The Morgan fingerprint density at radius 1 is 1.21 bits per heavy atom. The van der Waals surface area contributed by atoms with Crippen molar-refractivity contribution in [1.82, 2.24) is 5.32 Å². The van der Waals surface area contributed by atoms with E-state index < -0.39 is 11.0 Å². The average Bonchev–Trinajstić information content (AvgIpc) is 2.35. The molecular weight excluding hydrogens is 240 g/mol. The van der Waals surface area contributed by atoms with Gasteiger partial charge in [-0.3, -0.25) is 4.79 Å². The van der Waals surface area contributed by atoms with E-state index in [1.54, 1.807) is 0 Å². The van der Waals surface area contributed by atoms with Crippen LogP contribution in [0.2, 0.25) is 0 Å². The Morgan fingerprint density at radius 3 is 2.11 bits per heavy atom. The summed E-state index contributed by atoms with van der Waals surface area (Å²) in [6.45, 7) is 10.8. The first kappa shape index (κ1) is 17.9. The summed E-state index contributed by atoms with van der Waals surface area (Å²) in [5.74, 6) is -0.161. The zero-order valence-corrected chi connectivity index (χ0v) is 13.0. The molecular formula is C15H28N2O2. The van der Waals surface area contributed by atoms with Crippen LogP contribution in [0.25, 0.3) is 0 Å². The van der Waals surface area contributed by atoms with Gasteiger partial charge in [0.2, 0.25) is 5.91 Å². The molecule has 0 aliphatic rings. The zero-order chi connectivity index (χ0) is 14.9. The van der Waals surface area contributed by atoms with Crippen LogP contribution < -0.4 is 5.32 Å². The Balaban J connectivity index is 4.70. The van der Waals surface area contributed by atoms with E-state index in [1.165, 1.54) is 0 Å². The normalized spacial score (nSPS) is 12.0. The molecule has 0 heterocycles. The van der Waals surface area contributed by atoms with Gasteiger partial charge >= 0.3 is 0 Å². The Bertz CT molecular complexity index is 313. The maximum atomic E-state index is 12.3. The fourth-order valence-corrected chi connectivity index (χ4v) is 2.27. The first-order chi connectivity index (χ1) is 8.87. The molecule has 1 N–H and O–H groups in total. The topological polar surface area (TPSA) is 62.1 Å².